The fourth-order valence-corrected chi connectivity index (χ4v) is 3.95. The van der Waals surface area contributed by atoms with E-state index in [-0.39, 0.29) is 24.7 Å². The van der Waals surface area contributed by atoms with Crippen LogP contribution in [0.15, 0.2) is 0 Å². The van der Waals surface area contributed by atoms with E-state index >= 15 is 0 Å². The summed E-state index contributed by atoms with van der Waals surface area (Å²) in [7, 11) is 0. The molecule has 0 aromatic carbocycles. The Morgan fingerprint density at radius 1 is 0.650 bits per heavy atom. The smallest absolute Gasteiger partial charge is 0.328 e. The summed E-state index contributed by atoms with van der Waals surface area (Å²) in [4.78, 5) is 12.3. The zero-order valence-electron chi connectivity index (χ0n) is 28.5. The Balaban J connectivity index is 7.38. The highest BCUT2D eigenvalue weighted by Gasteiger charge is 2.70. The van der Waals surface area contributed by atoms with E-state index in [2.05, 4.69) is 41.5 Å². The number of hydrogen-bond acceptors (Lipinski definition) is 8. The highest BCUT2D eigenvalue weighted by Crippen LogP contribution is 2.52. The highest BCUT2D eigenvalue weighted by molar-refractivity contribution is 4.96. The molecule has 40 heavy (non-hydrogen) atoms. The normalized spacial score (nSPS) is 18.1. The maximum atomic E-state index is 6.80. The average Bonchev–Trinajstić information content (AvgIpc) is 2.85. The monoisotopic (exact) mass is 578 g/mol. The first-order chi connectivity index (χ1) is 18.7. The van der Waals surface area contributed by atoms with Crippen molar-refractivity contribution in [3.63, 3.8) is 0 Å². The Bertz CT molecular complexity index is 623. The molecule has 8 nitrogen and oxygen atoms in total. The van der Waals surface area contributed by atoms with Gasteiger partial charge >= 0.3 is 5.97 Å². The fourth-order valence-electron chi connectivity index (χ4n) is 3.95. The predicted molar refractivity (Wildman–Crippen MR) is 161 cm³/mol. The summed E-state index contributed by atoms with van der Waals surface area (Å²) in [5.41, 5.74) is -2.00. The summed E-state index contributed by atoms with van der Waals surface area (Å²) in [6, 6.07) is 0. The van der Waals surface area contributed by atoms with Gasteiger partial charge in [-0.05, 0) is 80.1 Å². The van der Waals surface area contributed by atoms with Crippen LogP contribution < -0.4 is 0 Å². The van der Waals surface area contributed by atoms with Gasteiger partial charge in [0.1, 0.15) is 0 Å². The first-order valence-corrected chi connectivity index (χ1v) is 15.9. The van der Waals surface area contributed by atoms with E-state index in [1.165, 1.54) is 0 Å². The minimum absolute atomic E-state index is 0.114. The standard InChI is InChI=1S/C32H66O8/c1-14-18-20-23-36-40-32(35-24-26(5)6,39-29(10,11)12)30(13,25-33-21-16-3)31(37-27(7)8,34-22-19-15-2)38-28(9)17-4/h26-28H,14-25H2,1-13H3. The molecule has 0 bridgehead atoms. The van der Waals surface area contributed by atoms with Gasteiger partial charge in [0.05, 0.1) is 44.2 Å². The van der Waals surface area contributed by atoms with E-state index in [1.54, 1.807) is 0 Å². The molecule has 0 aliphatic carbocycles. The van der Waals surface area contributed by atoms with Crippen LogP contribution in [0.5, 0.6) is 0 Å². The fraction of sp³-hybridized carbons (Fsp3) is 1.00. The van der Waals surface area contributed by atoms with Crippen LogP contribution >= 0.6 is 0 Å². The Hall–Kier alpha value is -0.320. The number of hydrogen-bond donors (Lipinski definition) is 0. The second-order valence-corrected chi connectivity index (χ2v) is 12.7. The third kappa shape index (κ3) is 13.3. The lowest BCUT2D eigenvalue weighted by Gasteiger charge is -2.55. The number of rotatable bonds is 25. The average molecular weight is 579 g/mol. The number of ether oxygens (including phenoxy) is 6. The topological polar surface area (TPSA) is 73.8 Å². The van der Waals surface area contributed by atoms with Gasteiger partial charge < -0.3 is 28.4 Å². The Morgan fingerprint density at radius 3 is 1.80 bits per heavy atom. The van der Waals surface area contributed by atoms with Gasteiger partial charge in [-0.2, -0.15) is 4.89 Å². The van der Waals surface area contributed by atoms with Gasteiger partial charge in [0.25, 0.3) is 5.97 Å². The van der Waals surface area contributed by atoms with Crippen molar-refractivity contribution in [2.75, 3.05) is 33.0 Å². The lowest BCUT2D eigenvalue weighted by atomic mass is 9.83. The molecule has 242 valence electrons. The van der Waals surface area contributed by atoms with Gasteiger partial charge in [0, 0.05) is 6.61 Å². The third-order valence-electron chi connectivity index (χ3n) is 6.25. The van der Waals surface area contributed by atoms with Gasteiger partial charge in [0.15, 0.2) is 5.41 Å². The van der Waals surface area contributed by atoms with E-state index in [9.17, 15) is 0 Å². The van der Waals surface area contributed by atoms with Crippen LogP contribution in [0.3, 0.4) is 0 Å². The van der Waals surface area contributed by atoms with Crippen LogP contribution in [0.2, 0.25) is 0 Å². The Labute approximate surface area is 247 Å². The van der Waals surface area contributed by atoms with Crippen molar-refractivity contribution in [3.8, 4) is 0 Å². The molecular weight excluding hydrogens is 512 g/mol. The molecule has 4 atom stereocenters. The van der Waals surface area contributed by atoms with Crippen LogP contribution in [-0.2, 0) is 38.2 Å². The van der Waals surface area contributed by atoms with Crippen LogP contribution in [0, 0.1) is 11.3 Å². The van der Waals surface area contributed by atoms with E-state index in [1.807, 2.05) is 48.5 Å². The molecule has 4 unspecified atom stereocenters. The SMILES string of the molecule is CCCCCOOC(OCC(C)C)(OC(C)(C)C)C(C)(COCCC)C(OCCCC)(OC(C)C)OC(C)CC. The van der Waals surface area contributed by atoms with E-state index < -0.39 is 23.0 Å². The zero-order chi connectivity index (χ0) is 30.9. The van der Waals surface area contributed by atoms with E-state index in [0.29, 0.717) is 26.4 Å². The summed E-state index contributed by atoms with van der Waals surface area (Å²) < 4.78 is 40.0. The zero-order valence-corrected chi connectivity index (χ0v) is 28.5. The van der Waals surface area contributed by atoms with Crippen molar-refractivity contribution in [2.45, 2.75) is 165 Å². The molecule has 0 heterocycles. The molecule has 0 spiro atoms. The summed E-state index contributed by atoms with van der Waals surface area (Å²) in [5, 5.41) is 0. The summed E-state index contributed by atoms with van der Waals surface area (Å²) in [5.74, 6) is -3.26. The molecule has 0 N–H and O–H groups in total. The van der Waals surface area contributed by atoms with Crippen molar-refractivity contribution in [1.82, 2.24) is 0 Å². The van der Waals surface area contributed by atoms with Crippen molar-refractivity contribution < 1.29 is 38.2 Å². The summed E-state index contributed by atoms with van der Waals surface area (Å²) in [6.45, 7) is 28.2. The summed E-state index contributed by atoms with van der Waals surface area (Å²) in [6.07, 6.45) is 5.86. The molecule has 0 aliphatic heterocycles. The van der Waals surface area contributed by atoms with Crippen LogP contribution in [0.1, 0.15) is 135 Å². The van der Waals surface area contributed by atoms with Crippen LogP contribution in [-0.4, -0.2) is 62.8 Å². The van der Waals surface area contributed by atoms with Crippen molar-refractivity contribution in [1.29, 1.82) is 0 Å². The first kappa shape index (κ1) is 39.7. The predicted octanol–water partition coefficient (Wildman–Crippen LogP) is 8.41. The largest absolute Gasteiger partial charge is 0.380 e. The molecule has 8 heteroatoms. The lowest BCUT2D eigenvalue weighted by molar-refractivity contribution is -0.596. The van der Waals surface area contributed by atoms with E-state index in [4.69, 9.17) is 38.2 Å². The van der Waals surface area contributed by atoms with E-state index in [0.717, 1.165) is 44.9 Å². The Morgan fingerprint density at radius 2 is 1.30 bits per heavy atom. The van der Waals surface area contributed by atoms with Crippen molar-refractivity contribution in [2.24, 2.45) is 11.3 Å². The van der Waals surface area contributed by atoms with Crippen molar-refractivity contribution in [3.05, 3.63) is 0 Å². The minimum Gasteiger partial charge on any atom is -0.380 e. The first-order valence-electron chi connectivity index (χ1n) is 15.9. The maximum Gasteiger partial charge on any atom is 0.328 e. The van der Waals surface area contributed by atoms with Gasteiger partial charge in [0.2, 0.25) is 0 Å². The van der Waals surface area contributed by atoms with Crippen LogP contribution in [0.4, 0.5) is 0 Å². The van der Waals surface area contributed by atoms with Gasteiger partial charge in [-0.1, -0.05) is 60.8 Å². The number of unbranched alkanes of at least 4 members (excludes halogenated alkanes) is 3. The third-order valence-corrected chi connectivity index (χ3v) is 6.25. The maximum absolute atomic E-state index is 6.80. The highest BCUT2D eigenvalue weighted by atomic mass is 17.3. The molecule has 0 saturated carbocycles. The molecule has 0 rings (SSSR count). The lowest BCUT2D eigenvalue weighted by Crippen LogP contribution is -2.71. The second kappa shape index (κ2) is 19.8. The van der Waals surface area contributed by atoms with Crippen LogP contribution in [0.25, 0.3) is 0 Å². The molecule has 0 fully saturated rings. The van der Waals surface area contributed by atoms with Crippen molar-refractivity contribution >= 4 is 0 Å². The molecule has 0 aliphatic rings. The minimum atomic E-state index is -1.80. The van der Waals surface area contributed by atoms with Gasteiger partial charge in [-0.15, -0.1) is 0 Å². The molecule has 0 saturated heterocycles. The molecular formula is C32H66O8. The molecule has 0 aromatic rings. The van der Waals surface area contributed by atoms with Gasteiger partial charge in [-0.25, -0.2) is 4.89 Å². The second-order valence-electron chi connectivity index (χ2n) is 12.7. The Kier molecular flexibility index (Phi) is 19.6. The molecule has 0 aromatic heterocycles. The summed E-state index contributed by atoms with van der Waals surface area (Å²) >= 11 is 0. The quantitative estimate of drug-likeness (QED) is 0.0463. The molecule has 0 radical (unpaired) electrons. The van der Waals surface area contributed by atoms with Gasteiger partial charge in [-0.3, -0.25) is 0 Å². The molecule has 0 amide bonds.